The first-order chi connectivity index (χ1) is 12.1. The molecule has 2 aromatic rings. The number of ether oxygens (including phenoxy) is 1. The average molecular weight is 452 g/mol. The van der Waals surface area contributed by atoms with Gasteiger partial charge in [0.25, 0.3) is 0 Å². The maximum atomic E-state index is 14.3. The Balaban J connectivity index is 1.47. The van der Waals surface area contributed by atoms with Gasteiger partial charge in [-0.2, -0.15) is 0 Å². The van der Waals surface area contributed by atoms with E-state index in [-0.39, 0.29) is 29.7 Å². The second-order valence-electron chi connectivity index (χ2n) is 6.60. The van der Waals surface area contributed by atoms with E-state index in [0.717, 1.165) is 45.3 Å². The molecule has 1 saturated carbocycles. The van der Waals surface area contributed by atoms with Crippen molar-refractivity contribution in [1.29, 1.82) is 0 Å². The van der Waals surface area contributed by atoms with Crippen molar-refractivity contribution in [1.82, 2.24) is 4.98 Å². The number of anilines is 1. The van der Waals surface area contributed by atoms with Crippen molar-refractivity contribution in [3.8, 4) is 0 Å². The molecular formula is C19H18FIN2O2. The molecule has 0 saturated heterocycles. The number of rotatable bonds is 4. The summed E-state index contributed by atoms with van der Waals surface area (Å²) in [6.07, 6.45) is 4.33. The van der Waals surface area contributed by atoms with Crippen molar-refractivity contribution in [2.75, 3.05) is 12.4 Å². The van der Waals surface area contributed by atoms with Crippen LogP contribution in [0.1, 0.15) is 41.6 Å². The smallest absolute Gasteiger partial charge is 0.309 e. The molecule has 0 radical (unpaired) electrons. The summed E-state index contributed by atoms with van der Waals surface area (Å²) in [6, 6.07) is 7.25. The van der Waals surface area contributed by atoms with Crippen LogP contribution < -0.4 is 5.32 Å². The third-order valence-corrected chi connectivity index (χ3v) is 6.09. The molecule has 4 nitrogen and oxygen atoms in total. The third kappa shape index (κ3) is 3.12. The molecule has 3 atom stereocenters. The van der Waals surface area contributed by atoms with Crippen LogP contribution in [-0.4, -0.2) is 18.1 Å². The number of pyridine rings is 1. The van der Waals surface area contributed by atoms with Crippen molar-refractivity contribution in [3.63, 3.8) is 0 Å². The van der Waals surface area contributed by atoms with Gasteiger partial charge in [-0.05, 0) is 71.7 Å². The highest BCUT2D eigenvalue weighted by molar-refractivity contribution is 14.1. The molecule has 2 aliphatic carbocycles. The Bertz CT molecular complexity index is 825. The fraction of sp³-hybridized carbons (Fsp3) is 0.368. The van der Waals surface area contributed by atoms with Crippen LogP contribution in [0, 0.1) is 15.3 Å². The number of esters is 1. The molecule has 1 N–H and O–H groups in total. The minimum Gasteiger partial charge on any atom is -0.469 e. The number of carbonyl (C=O) groups is 1. The first-order valence-corrected chi connectivity index (χ1v) is 9.43. The Labute approximate surface area is 159 Å². The lowest BCUT2D eigenvalue weighted by atomic mass is 10.1. The van der Waals surface area contributed by atoms with Gasteiger partial charge in [0, 0.05) is 20.7 Å². The summed E-state index contributed by atoms with van der Waals surface area (Å²) in [5.74, 6) is -0.211. The van der Waals surface area contributed by atoms with Crippen LogP contribution in [0.3, 0.4) is 0 Å². The van der Waals surface area contributed by atoms with Gasteiger partial charge in [0.2, 0.25) is 0 Å². The quantitative estimate of drug-likeness (QED) is 0.558. The monoisotopic (exact) mass is 452 g/mol. The minimum atomic E-state index is -0.165. The first-order valence-electron chi connectivity index (χ1n) is 8.35. The maximum absolute atomic E-state index is 14.3. The molecule has 0 aliphatic heterocycles. The number of aromatic nitrogens is 1. The zero-order valence-electron chi connectivity index (χ0n) is 13.8. The van der Waals surface area contributed by atoms with Gasteiger partial charge in [0.1, 0.15) is 5.82 Å². The Hall–Kier alpha value is -1.70. The molecule has 2 aliphatic rings. The molecule has 0 amide bonds. The average Bonchev–Trinajstić information content (AvgIpc) is 3.31. The van der Waals surface area contributed by atoms with E-state index in [1.54, 1.807) is 12.3 Å². The molecule has 0 spiro atoms. The molecule has 1 aromatic heterocycles. The molecule has 1 fully saturated rings. The molecule has 1 heterocycles. The summed E-state index contributed by atoms with van der Waals surface area (Å²) in [4.78, 5) is 16.0. The lowest BCUT2D eigenvalue weighted by Gasteiger charge is -2.16. The van der Waals surface area contributed by atoms with Gasteiger partial charge in [0.05, 0.1) is 31.0 Å². The first kappa shape index (κ1) is 16.8. The normalized spacial score (nSPS) is 23.9. The van der Waals surface area contributed by atoms with Crippen molar-refractivity contribution in [3.05, 3.63) is 56.7 Å². The van der Waals surface area contributed by atoms with Crippen molar-refractivity contribution >= 4 is 34.2 Å². The maximum Gasteiger partial charge on any atom is 0.309 e. The fourth-order valence-corrected chi connectivity index (χ4v) is 4.40. The Morgan fingerprint density at radius 1 is 1.36 bits per heavy atom. The fourth-order valence-electron chi connectivity index (χ4n) is 3.66. The molecule has 130 valence electrons. The zero-order valence-corrected chi connectivity index (χ0v) is 15.9. The van der Waals surface area contributed by atoms with Gasteiger partial charge in [-0.25, -0.2) is 4.39 Å². The number of halogens is 2. The Kier molecular flexibility index (Phi) is 4.39. The third-order valence-electron chi connectivity index (χ3n) is 5.08. The number of benzene rings is 1. The van der Waals surface area contributed by atoms with E-state index in [4.69, 9.17) is 4.74 Å². The standard InChI is InChI=1S/C19H18FIN2O2/c1-25-19(24)13-8-12(13)16-6-2-10(9-22-16)23-17-7-3-11-15(21)5-4-14(20)18(11)17/h2,4-6,9,12-13,17,23H,3,7-8H2,1H3/t12-,13-,17+/m0/s1. The van der Waals surface area contributed by atoms with E-state index in [1.165, 1.54) is 7.11 Å². The largest absolute Gasteiger partial charge is 0.469 e. The van der Waals surface area contributed by atoms with E-state index in [9.17, 15) is 9.18 Å². The lowest BCUT2D eigenvalue weighted by molar-refractivity contribution is -0.142. The number of carbonyl (C=O) groups excluding carboxylic acids is 1. The molecule has 4 rings (SSSR count). The highest BCUT2D eigenvalue weighted by atomic mass is 127. The van der Waals surface area contributed by atoms with Gasteiger partial charge in [-0.15, -0.1) is 0 Å². The minimum absolute atomic E-state index is 0.0268. The van der Waals surface area contributed by atoms with E-state index < -0.39 is 0 Å². The topological polar surface area (TPSA) is 51.2 Å². The second kappa shape index (κ2) is 6.55. The predicted octanol–water partition coefficient (Wildman–Crippen LogP) is 4.20. The van der Waals surface area contributed by atoms with Crippen molar-refractivity contribution in [2.45, 2.75) is 31.2 Å². The van der Waals surface area contributed by atoms with E-state index >= 15 is 0 Å². The van der Waals surface area contributed by atoms with Crippen LogP contribution in [0.5, 0.6) is 0 Å². The van der Waals surface area contributed by atoms with Gasteiger partial charge in [-0.3, -0.25) is 9.78 Å². The van der Waals surface area contributed by atoms with Crippen LogP contribution in [-0.2, 0) is 16.0 Å². The van der Waals surface area contributed by atoms with Crippen LogP contribution in [0.4, 0.5) is 10.1 Å². The van der Waals surface area contributed by atoms with Gasteiger partial charge >= 0.3 is 5.97 Å². The van der Waals surface area contributed by atoms with Gasteiger partial charge < -0.3 is 10.1 Å². The summed E-state index contributed by atoms with van der Waals surface area (Å²) >= 11 is 2.27. The summed E-state index contributed by atoms with van der Waals surface area (Å²) in [7, 11) is 1.41. The second-order valence-corrected chi connectivity index (χ2v) is 7.76. The van der Waals surface area contributed by atoms with Gasteiger partial charge in [0.15, 0.2) is 0 Å². The number of nitrogens with one attached hydrogen (secondary N) is 1. The summed E-state index contributed by atoms with van der Waals surface area (Å²) in [5.41, 5.74) is 3.68. The summed E-state index contributed by atoms with van der Waals surface area (Å²) < 4.78 is 20.1. The molecule has 0 bridgehead atoms. The predicted molar refractivity (Wildman–Crippen MR) is 101 cm³/mol. The summed E-state index contributed by atoms with van der Waals surface area (Å²) in [5, 5.41) is 3.40. The van der Waals surface area contributed by atoms with Crippen LogP contribution in [0.2, 0.25) is 0 Å². The van der Waals surface area contributed by atoms with Crippen molar-refractivity contribution in [2.24, 2.45) is 5.92 Å². The number of hydrogen-bond acceptors (Lipinski definition) is 4. The molecular weight excluding hydrogens is 434 g/mol. The number of hydrogen-bond donors (Lipinski definition) is 1. The van der Waals surface area contributed by atoms with E-state index in [2.05, 4.69) is 32.9 Å². The molecule has 0 unspecified atom stereocenters. The number of methoxy groups -OCH3 is 1. The molecule has 6 heteroatoms. The highest BCUT2D eigenvalue weighted by Crippen LogP contribution is 2.47. The number of fused-ring (bicyclic) bond motifs is 1. The van der Waals surface area contributed by atoms with Crippen molar-refractivity contribution < 1.29 is 13.9 Å². The van der Waals surface area contributed by atoms with Crippen LogP contribution in [0.15, 0.2) is 30.5 Å². The Morgan fingerprint density at radius 2 is 2.20 bits per heavy atom. The van der Waals surface area contributed by atoms with Crippen LogP contribution >= 0.6 is 22.6 Å². The number of nitrogens with zero attached hydrogens (tertiary/aromatic N) is 1. The van der Waals surface area contributed by atoms with Gasteiger partial charge in [-0.1, -0.05) is 0 Å². The SMILES string of the molecule is COC(=O)[C@H]1C[C@@H]1c1ccc(N[C@@H]2CCc3c(I)ccc(F)c32)cn1. The zero-order chi connectivity index (χ0) is 17.6. The molecule has 1 aromatic carbocycles. The highest BCUT2D eigenvalue weighted by Gasteiger charge is 2.45. The lowest BCUT2D eigenvalue weighted by Crippen LogP contribution is -2.09. The molecule has 25 heavy (non-hydrogen) atoms. The summed E-state index contributed by atoms with van der Waals surface area (Å²) in [6.45, 7) is 0. The Morgan fingerprint density at radius 3 is 2.92 bits per heavy atom. The van der Waals surface area contributed by atoms with Crippen LogP contribution in [0.25, 0.3) is 0 Å². The van der Waals surface area contributed by atoms with E-state index in [0.29, 0.717) is 0 Å². The van der Waals surface area contributed by atoms with E-state index in [1.807, 2.05) is 18.2 Å².